The van der Waals surface area contributed by atoms with Gasteiger partial charge in [0.1, 0.15) is 16.7 Å². The molecular weight excluding hydrogens is 314 g/mol. The average Bonchev–Trinajstić information content (AvgIpc) is 3.05. The van der Waals surface area contributed by atoms with Crippen LogP contribution in [0, 0.1) is 48.1 Å². The Hall–Kier alpha value is -0.890. The van der Waals surface area contributed by atoms with Crippen LogP contribution >= 0.6 is 11.6 Å². The van der Waals surface area contributed by atoms with Crippen molar-refractivity contribution < 1.29 is 8.78 Å². The fourth-order valence-corrected chi connectivity index (χ4v) is 4.84. The lowest BCUT2D eigenvalue weighted by molar-refractivity contribution is 0.244. The summed E-state index contributed by atoms with van der Waals surface area (Å²) in [5.74, 6) is -0.190. The summed E-state index contributed by atoms with van der Waals surface area (Å²) in [4.78, 5) is 0. The second-order valence-electron chi connectivity index (χ2n) is 8.22. The third-order valence-electron chi connectivity index (χ3n) is 5.98. The van der Waals surface area contributed by atoms with E-state index in [0.29, 0.717) is 29.4 Å². The molecule has 2 atom stereocenters. The highest BCUT2D eigenvalue weighted by Crippen LogP contribution is 2.67. The van der Waals surface area contributed by atoms with Gasteiger partial charge >= 0.3 is 0 Å². The number of rotatable bonds is 5. The highest BCUT2D eigenvalue weighted by molar-refractivity contribution is 6.31. The Morgan fingerprint density at radius 2 is 1.65 bits per heavy atom. The Kier molecular flexibility index (Phi) is 4.71. The maximum absolute atomic E-state index is 14.1. The minimum atomic E-state index is -0.627. The summed E-state index contributed by atoms with van der Waals surface area (Å²) in [5, 5.41) is -0.391. The first-order valence-corrected chi connectivity index (χ1v) is 8.59. The van der Waals surface area contributed by atoms with Crippen LogP contribution in [0.4, 0.5) is 8.78 Å². The van der Waals surface area contributed by atoms with E-state index >= 15 is 0 Å². The standard InChI is InChI=1S/C20H27ClF2/c1-8-14-18(20(14,6)7)19(4,5)10-9-13-11(2)16(22)15(21)17(23)12(13)3/h8,14,18H,1,9-10H2,2-7H3. The van der Waals surface area contributed by atoms with Crippen LogP contribution in [0.2, 0.25) is 5.02 Å². The largest absolute Gasteiger partial charge is 0.205 e. The van der Waals surface area contributed by atoms with Crippen molar-refractivity contribution in [3.05, 3.63) is 46.0 Å². The van der Waals surface area contributed by atoms with E-state index in [1.807, 2.05) is 6.08 Å². The predicted octanol–water partition coefficient (Wildman–Crippen LogP) is 6.65. The highest BCUT2D eigenvalue weighted by Gasteiger charge is 2.61. The molecule has 0 N–H and O–H groups in total. The van der Waals surface area contributed by atoms with Gasteiger partial charge in [-0.25, -0.2) is 8.78 Å². The molecule has 1 aliphatic carbocycles. The number of hydrogen-bond acceptors (Lipinski definition) is 0. The molecule has 23 heavy (non-hydrogen) atoms. The normalized spacial score (nSPS) is 23.0. The number of halogens is 3. The maximum atomic E-state index is 14.1. The molecule has 0 amide bonds. The van der Waals surface area contributed by atoms with E-state index in [2.05, 4.69) is 34.3 Å². The first-order valence-electron chi connectivity index (χ1n) is 8.21. The monoisotopic (exact) mass is 340 g/mol. The minimum Gasteiger partial charge on any atom is -0.205 e. The van der Waals surface area contributed by atoms with Gasteiger partial charge in [-0.05, 0) is 66.0 Å². The van der Waals surface area contributed by atoms with Crippen LogP contribution in [-0.4, -0.2) is 0 Å². The summed E-state index contributed by atoms with van der Waals surface area (Å²) in [6.07, 6.45) is 3.59. The van der Waals surface area contributed by atoms with Gasteiger partial charge in [0.2, 0.25) is 0 Å². The van der Waals surface area contributed by atoms with Crippen LogP contribution in [0.5, 0.6) is 0 Å². The summed E-state index contributed by atoms with van der Waals surface area (Å²) in [6.45, 7) is 16.3. The van der Waals surface area contributed by atoms with Crippen LogP contribution in [0.1, 0.15) is 50.8 Å². The molecular formula is C20H27ClF2. The van der Waals surface area contributed by atoms with E-state index in [1.54, 1.807) is 13.8 Å². The van der Waals surface area contributed by atoms with E-state index in [1.165, 1.54) is 0 Å². The second-order valence-corrected chi connectivity index (χ2v) is 8.60. The summed E-state index contributed by atoms with van der Waals surface area (Å²) < 4.78 is 28.2. The number of hydrogen-bond donors (Lipinski definition) is 0. The molecule has 0 aliphatic heterocycles. The Bertz CT molecular complexity index is 615. The Labute approximate surface area is 143 Å². The zero-order chi connectivity index (χ0) is 17.7. The fourth-order valence-electron chi connectivity index (χ4n) is 4.56. The molecule has 1 fully saturated rings. The molecule has 0 heterocycles. The molecule has 0 spiro atoms. The zero-order valence-electron chi connectivity index (χ0n) is 15.0. The van der Waals surface area contributed by atoms with Gasteiger partial charge in [-0.3, -0.25) is 0 Å². The minimum absolute atomic E-state index is 0.0911. The van der Waals surface area contributed by atoms with Crippen LogP contribution in [0.25, 0.3) is 0 Å². The van der Waals surface area contributed by atoms with E-state index < -0.39 is 16.7 Å². The zero-order valence-corrected chi connectivity index (χ0v) is 15.7. The quantitative estimate of drug-likeness (QED) is 0.415. The van der Waals surface area contributed by atoms with Gasteiger partial charge in [0.25, 0.3) is 0 Å². The van der Waals surface area contributed by atoms with E-state index in [-0.39, 0.29) is 10.8 Å². The van der Waals surface area contributed by atoms with Gasteiger partial charge in [-0.1, -0.05) is 45.4 Å². The summed E-state index contributed by atoms with van der Waals surface area (Å²) in [7, 11) is 0. The highest BCUT2D eigenvalue weighted by atomic mass is 35.5. The van der Waals surface area contributed by atoms with Crippen molar-refractivity contribution in [2.24, 2.45) is 22.7 Å². The molecule has 0 bridgehead atoms. The van der Waals surface area contributed by atoms with Gasteiger partial charge < -0.3 is 0 Å². The summed E-state index contributed by atoms with van der Waals surface area (Å²) in [6, 6.07) is 0. The third-order valence-corrected chi connectivity index (χ3v) is 6.31. The Balaban J connectivity index is 2.24. The predicted molar refractivity (Wildman–Crippen MR) is 93.9 cm³/mol. The summed E-state index contributed by atoms with van der Waals surface area (Å²) >= 11 is 5.72. The fraction of sp³-hybridized carbons (Fsp3) is 0.600. The average molecular weight is 341 g/mol. The molecule has 1 saturated carbocycles. The molecule has 1 aromatic carbocycles. The second kappa shape index (κ2) is 5.88. The van der Waals surface area contributed by atoms with Crippen LogP contribution in [-0.2, 0) is 6.42 Å². The van der Waals surface area contributed by atoms with Crippen molar-refractivity contribution in [3.63, 3.8) is 0 Å². The molecule has 0 radical (unpaired) electrons. The van der Waals surface area contributed by atoms with E-state index in [0.717, 1.165) is 12.0 Å². The molecule has 0 nitrogen and oxygen atoms in total. The van der Waals surface area contributed by atoms with Gasteiger partial charge in [-0.15, -0.1) is 6.58 Å². The van der Waals surface area contributed by atoms with E-state index in [9.17, 15) is 8.78 Å². The molecule has 0 aromatic heterocycles. The molecule has 3 heteroatoms. The molecule has 1 aliphatic rings. The molecule has 1 aromatic rings. The SMILES string of the molecule is C=CC1C(C(C)(C)CCc2c(C)c(F)c(Cl)c(F)c2C)C1(C)C. The van der Waals surface area contributed by atoms with E-state index in [4.69, 9.17) is 11.6 Å². The van der Waals surface area contributed by atoms with Crippen molar-refractivity contribution in [1.29, 1.82) is 0 Å². The molecule has 2 unspecified atom stereocenters. The van der Waals surface area contributed by atoms with Crippen molar-refractivity contribution in [1.82, 2.24) is 0 Å². The molecule has 128 valence electrons. The summed E-state index contributed by atoms with van der Waals surface area (Å²) in [5.41, 5.74) is 2.05. The number of benzene rings is 1. The smallest absolute Gasteiger partial charge is 0.147 e. The topological polar surface area (TPSA) is 0 Å². The van der Waals surface area contributed by atoms with Gasteiger partial charge in [0, 0.05) is 0 Å². The lowest BCUT2D eigenvalue weighted by Crippen LogP contribution is -2.19. The lowest BCUT2D eigenvalue weighted by Gasteiger charge is -2.28. The van der Waals surface area contributed by atoms with Crippen LogP contribution < -0.4 is 0 Å². The first kappa shape index (κ1) is 18.4. The van der Waals surface area contributed by atoms with Crippen molar-refractivity contribution in [2.45, 2.75) is 54.4 Å². The van der Waals surface area contributed by atoms with Crippen LogP contribution in [0.15, 0.2) is 12.7 Å². The molecule has 0 saturated heterocycles. The maximum Gasteiger partial charge on any atom is 0.147 e. The van der Waals surface area contributed by atoms with Gasteiger partial charge in [-0.2, -0.15) is 0 Å². The number of allylic oxidation sites excluding steroid dienone is 1. The van der Waals surface area contributed by atoms with Crippen molar-refractivity contribution in [2.75, 3.05) is 0 Å². The molecule has 2 rings (SSSR count). The first-order chi connectivity index (χ1) is 10.5. The van der Waals surface area contributed by atoms with Crippen molar-refractivity contribution in [3.8, 4) is 0 Å². The Morgan fingerprint density at radius 1 is 1.17 bits per heavy atom. The van der Waals surface area contributed by atoms with Crippen LogP contribution in [0.3, 0.4) is 0 Å². The Morgan fingerprint density at radius 3 is 2.04 bits per heavy atom. The van der Waals surface area contributed by atoms with Gasteiger partial charge in [0.05, 0.1) is 0 Å². The lowest BCUT2D eigenvalue weighted by atomic mass is 9.77. The van der Waals surface area contributed by atoms with Gasteiger partial charge in [0.15, 0.2) is 0 Å². The van der Waals surface area contributed by atoms with Crippen molar-refractivity contribution >= 4 is 11.6 Å². The third kappa shape index (κ3) is 2.95.